The standard InChI is InChI=1S/C25H27N5O3/c1-4-19-13-9-10-14-20(19)26-21(31)16-28-22-17(3)27-30(5-2)23(22)24(32)29(25(28)33)15-18-11-7-6-8-12-18/h6-14,23H,4-5,15-16H2,1-3H3/p+1. The highest BCUT2D eigenvalue weighted by Crippen LogP contribution is 2.23. The van der Waals surface area contributed by atoms with E-state index in [2.05, 4.69) is 10.4 Å². The smallest absolute Gasteiger partial charge is 0.322 e. The number of benzene rings is 2. The molecule has 0 aliphatic carbocycles. The Hall–Kier alpha value is -3.81. The summed E-state index contributed by atoms with van der Waals surface area (Å²) >= 11 is 0. The van der Waals surface area contributed by atoms with E-state index in [-0.39, 0.29) is 24.9 Å². The van der Waals surface area contributed by atoms with Crippen LogP contribution in [-0.4, -0.2) is 62.9 Å². The van der Waals surface area contributed by atoms with E-state index < -0.39 is 12.1 Å². The predicted octanol–water partition coefficient (Wildman–Crippen LogP) is 2.88. The van der Waals surface area contributed by atoms with E-state index in [1.165, 1.54) is 9.48 Å². The molecule has 170 valence electrons. The van der Waals surface area contributed by atoms with E-state index in [0.717, 1.165) is 23.2 Å². The number of hydrogen-bond donors (Lipinski definition) is 1. The molecule has 0 saturated carbocycles. The van der Waals surface area contributed by atoms with Crippen molar-refractivity contribution in [1.29, 1.82) is 0 Å². The summed E-state index contributed by atoms with van der Waals surface area (Å²) in [6, 6.07) is 15.7. The van der Waals surface area contributed by atoms with Crippen LogP contribution < -0.4 is 5.32 Å². The maximum absolute atomic E-state index is 13.5. The summed E-state index contributed by atoms with van der Waals surface area (Å²) in [5.74, 6) is -0.651. The lowest BCUT2D eigenvalue weighted by atomic mass is 10.0. The number of anilines is 1. The Morgan fingerprint density at radius 1 is 1.06 bits per heavy atom. The van der Waals surface area contributed by atoms with Gasteiger partial charge in [-0.25, -0.2) is 4.79 Å². The summed E-state index contributed by atoms with van der Waals surface area (Å²) in [5, 5.41) is 9.08. The van der Waals surface area contributed by atoms with Crippen LogP contribution in [0.2, 0.25) is 0 Å². The van der Waals surface area contributed by atoms with Crippen molar-refractivity contribution < 1.29 is 19.0 Å². The monoisotopic (exact) mass is 446 g/mol. The third-order valence-corrected chi connectivity index (χ3v) is 5.94. The molecule has 4 amide bonds. The molecule has 2 heterocycles. The van der Waals surface area contributed by atoms with Crippen molar-refractivity contribution in [2.45, 2.75) is 39.8 Å². The molecule has 8 heteroatoms. The minimum absolute atomic E-state index is 0.135. The van der Waals surface area contributed by atoms with Gasteiger partial charge in [-0.3, -0.25) is 9.80 Å². The molecular weight excluding hydrogens is 418 g/mol. The normalized spacial score (nSPS) is 17.9. The number of nitrogens with zero attached hydrogens (tertiary/aromatic N) is 4. The number of fused-ring (bicyclic) bond motifs is 1. The second kappa shape index (κ2) is 9.36. The van der Waals surface area contributed by atoms with Gasteiger partial charge in [-0.1, -0.05) is 55.5 Å². The number of likely N-dealkylation sites (N-methyl/N-ethyl adjacent to an activating group) is 1. The van der Waals surface area contributed by atoms with Gasteiger partial charge in [0.25, 0.3) is 5.91 Å². The van der Waals surface area contributed by atoms with Crippen molar-refractivity contribution in [3.8, 4) is 0 Å². The number of rotatable bonds is 7. The van der Waals surface area contributed by atoms with Crippen LogP contribution >= 0.6 is 0 Å². The van der Waals surface area contributed by atoms with E-state index in [4.69, 9.17) is 0 Å². The fourth-order valence-corrected chi connectivity index (χ4v) is 4.32. The van der Waals surface area contributed by atoms with Crippen LogP contribution in [0.4, 0.5) is 10.5 Å². The molecule has 2 aromatic rings. The zero-order valence-corrected chi connectivity index (χ0v) is 19.1. The second-order valence-corrected chi connectivity index (χ2v) is 8.07. The SMILES string of the molecule is CCc1ccccc1NC(=O)C[N+]1=C2C(C)=NN(CC)C2C(=O)N(Cc2ccccc2)C1=O. The first-order valence-corrected chi connectivity index (χ1v) is 11.2. The van der Waals surface area contributed by atoms with Gasteiger partial charge in [0.15, 0.2) is 12.3 Å². The third kappa shape index (κ3) is 4.28. The summed E-state index contributed by atoms with van der Waals surface area (Å²) in [6.07, 6.45) is 0.773. The fraction of sp³-hybridized carbons (Fsp3) is 0.320. The molecule has 1 N–H and O–H groups in total. The molecule has 0 fully saturated rings. The lowest BCUT2D eigenvalue weighted by Crippen LogP contribution is -2.61. The van der Waals surface area contributed by atoms with Crippen molar-refractivity contribution in [3.05, 3.63) is 65.7 Å². The highest BCUT2D eigenvalue weighted by atomic mass is 16.2. The molecule has 0 radical (unpaired) electrons. The maximum atomic E-state index is 13.5. The van der Waals surface area contributed by atoms with Gasteiger partial charge in [0.2, 0.25) is 6.04 Å². The number of nitrogens with one attached hydrogen (secondary N) is 1. The zero-order valence-electron chi connectivity index (χ0n) is 19.1. The molecular formula is C25H28N5O3+. The quantitative estimate of drug-likeness (QED) is 0.663. The minimum atomic E-state index is -0.716. The van der Waals surface area contributed by atoms with Gasteiger partial charge in [-0.05, 0) is 37.5 Å². The lowest BCUT2D eigenvalue weighted by Gasteiger charge is -2.28. The topological polar surface area (TPSA) is 85.1 Å². The van der Waals surface area contributed by atoms with E-state index in [9.17, 15) is 14.4 Å². The summed E-state index contributed by atoms with van der Waals surface area (Å²) in [6.45, 7) is 6.13. The average Bonchev–Trinajstić information content (AvgIpc) is 3.16. The van der Waals surface area contributed by atoms with Crippen molar-refractivity contribution in [3.63, 3.8) is 0 Å². The van der Waals surface area contributed by atoms with E-state index in [1.807, 2.05) is 68.4 Å². The maximum Gasteiger partial charge on any atom is 0.501 e. The molecule has 2 aliphatic rings. The molecule has 33 heavy (non-hydrogen) atoms. The van der Waals surface area contributed by atoms with Gasteiger partial charge >= 0.3 is 11.9 Å². The lowest BCUT2D eigenvalue weighted by molar-refractivity contribution is -0.427. The van der Waals surface area contributed by atoms with Crippen LogP contribution in [0.15, 0.2) is 59.7 Å². The minimum Gasteiger partial charge on any atom is -0.322 e. The summed E-state index contributed by atoms with van der Waals surface area (Å²) in [5.41, 5.74) is 3.63. The summed E-state index contributed by atoms with van der Waals surface area (Å²) < 4.78 is 1.40. The molecule has 4 rings (SSSR count). The molecule has 2 aliphatic heterocycles. The molecule has 1 unspecified atom stereocenters. The number of carbonyl (C=O) groups is 3. The van der Waals surface area contributed by atoms with Gasteiger partial charge < -0.3 is 5.32 Å². The summed E-state index contributed by atoms with van der Waals surface area (Å²) in [4.78, 5) is 41.1. The Balaban J connectivity index is 1.67. The second-order valence-electron chi connectivity index (χ2n) is 8.07. The molecule has 0 aromatic heterocycles. The van der Waals surface area contributed by atoms with E-state index in [1.54, 1.807) is 11.9 Å². The number of amides is 4. The highest BCUT2D eigenvalue weighted by molar-refractivity contribution is 6.48. The number of aryl methyl sites for hydroxylation is 1. The van der Waals surface area contributed by atoms with Crippen LogP contribution in [-0.2, 0) is 22.6 Å². The fourth-order valence-electron chi connectivity index (χ4n) is 4.32. The molecule has 0 spiro atoms. The molecule has 2 aromatic carbocycles. The van der Waals surface area contributed by atoms with Gasteiger partial charge in [-0.2, -0.15) is 19.4 Å². The van der Waals surface area contributed by atoms with Crippen LogP contribution in [0.25, 0.3) is 0 Å². The van der Waals surface area contributed by atoms with Crippen molar-refractivity contribution in [2.75, 3.05) is 18.4 Å². The number of hydrazone groups is 1. The van der Waals surface area contributed by atoms with Crippen LogP contribution in [0.3, 0.4) is 0 Å². The van der Waals surface area contributed by atoms with Gasteiger partial charge in [0.1, 0.15) is 12.3 Å². The highest BCUT2D eigenvalue weighted by Gasteiger charge is 2.54. The number of imide groups is 1. The first-order chi connectivity index (χ1) is 15.9. The van der Waals surface area contributed by atoms with Crippen molar-refractivity contribution in [2.24, 2.45) is 5.10 Å². The predicted molar refractivity (Wildman–Crippen MR) is 126 cm³/mol. The molecule has 8 nitrogen and oxygen atoms in total. The zero-order chi connectivity index (χ0) is 23.5. The molecule has 0 saturated heterocycles. The van der Waals surface area contributed by atoms with Gasteiger partial charge in [-0.15, -0.1) is 0 Å². The number of carbonyl (C=O) groups excluding carboxylic acids is 3. The van der Waals surface area contributed by atoms with Crippen LogP contribution in [0.5, 0.6) is 0 Å². The molecule has 1 atom stereocenters. The summed E-state index contributed by atoms with van der Waals surface area (Å²) in [7, 11) is 0. The van der Waals surface area contributed by atoms with Crippen molar-refractivity contribution in [1.82, 2.24) is 9.91 Å². The van der Waals surface area contributed by atoms with Gasteiger partial charge in [0.05, 0.1) is 0 Å². The Bertz CT molecular complexity index is 1160. The molecule has 0 bridgehead atoms. The average molecular weight is 447 g/mol. The number of hydrogen-bond acceptors (Lipinski definition) is 5. The van der Waals surface area contributed by atoms with Gasteiger partial charge in [0, 0.05) is 12.2 Å². The Morgan fingerprint density at radius 2 is 1.76 bits per heavy atom. The first kappa shape index (κ1) is 22.4. The van der Waals surface area contributed by atoms with Crippen molar-refractivity contribution >= 4 is 35.0 Å². The van der Waals surface area contributed by atoms with Crippen LogP contribution in [0.1, 0.15) is 31.9 Å². The largest absolute Gasteiger partial charge is 0.501 e. The first-order valence-electron chi connectivity index (χ1n) is 11.2. The third-order valence-electron chi connectivity index (χ3n) is 5.94. The number of para-hydroxylation sites is 1. The van der Waals surface area contributed by atoms with Crippen LogP contribution in [0, 0.1) is 0 Å². The number of urea groups is 1. The Labute approximate surface area is 193 Å². The van der Waals surface area contributed by atoms with E-state index >= 15 is 0 Å². The van der Waals surface area contributed by atoms with E-state index in [0.29, 0.717) is 18.0 Å². The Kier molecular flexibility index (Phi) is 6.35. The Morgan fingerprint density at radius 3 is 2.45 bits per heavy atom.